The molecular weight excluding hydrogens is 204 g/mol. The molecule has 6 heteroatoms. The first-order valence-electron chi connectivity index (χ1n) is 4.13. The first-order chi connectivity index (χ1) is 7.18. The number of hydrogen-bond donors (Lipinski definition) is 3. The summed E-state index contributed by atoms with van der Waals surface area (Å²) in [5, 5.41) is 26.0. The minimum atomic E-state index is -0.146. The van der Waals surface area contributed by atoms with Gasteiger partial charge in [0.1, 0.15) is 17.2 Å². The van der Waals surface area contributed by atoms with Gasteiger partial charge in [-0.2, -0.15) is 0 Å². The smallest absolute Gasteiger partial charge is 0.152 e. The zero-order valence-corrected chi connectivity index (χ0v) is 7.92. The lowest BCUT2D eigenvalue weighted by molar-refractivity contribution is -0.247. The average molecular weight is 216 g/mol. The predicted molar refractivity (Wildman–Crippen MR) is 49.3 cm³/mol. The summed E-state index contributed by atoms with van der Waals surface area (Å²) in [5.74, 6) is -0.437. The van der Waals surface area contributed by atoms with Crippen molar-refractivity contribution in [3.8, 4) is 17.2 Å². The number of aromatic hydroxyl groups is 3. The van der Waals surface area contributed by atoms with Crippen LogP contribution in [-0.2, 0) is 14.2 Å². The summed E-state index contributed by atoms with van der Waals surface area (Å²) in [4.78, 5) is 0. The second-order valence-corrected chi connectivity index (χ2v) is 2.67. The Hall–Kier alpha value is -1.50. The minimum Gasteiger partial charge on any atom is -0.508 e. The van der Waals surface area contributed by atoms with Gasteiger partial charge in [0.15, 0.2) is 20.4 Å². The van der Waals surface area contributed by atoms with Gasteiger partial charge in [0, 0.05) is 18.2 Å². The zero-order chi connectivity index (χ0) is 11.1. The SMILES string of the molecule is C1OCOCO1.Oc1cc(O)cc(O)c1. The molecule has 84 valence electrons. The van der Waals surface area contributed by atoms with Crippen LogP contribution in [0, 0.1) is 0 Å². The van der Waals surface area contributed by atoms with E-state index in [1.807, 2.05) is 0 Å². The highest BCUT2D eigenvalue weighted by Crippen LogP contribution is 2.23. The van der Waals surface area contributed by atoms with Crippen molar-refractivity contribution >= 4 is 0 Å². The van der Waals surface area contributed by atoms with E-state index < -0.39 is 0 Å². The van der Waals surface area contributed by atoms with Gasteiger partial charge >= 0.3 is 0 Å². The molecule has 1 heterocycles. The Bertz CT molecular complexity index is 235. The largest absolute Gasteiger partial charge is 0.508 e. The molecule has 0 amide bonds. The highest BCUT2D eigenvalue weighted by molar-refractivity contribution is 5.39. The second-order valence-electron chi connectivity index (χ2n) is 2.67. The van der Waals surface area contributed by atoms with Crippen molar-refractivity contribution < 1.29 is 29.5 Å². The number of phenols is 3. The molecule has 1 aromatic carbocycles. The molecule has 2 rings (SSSR count). The van der Waals surface area contributed by atoms with Crippen molar-refractivity contribution in [2.24, 2.45) is 0 Å². The van der Waals surface area contributed by atoms with Crippen LogP contribution < -0.4 is 0 Å². The van der Waals surface area contributed by atoms with Crippen LogP contribution in [0.3, 0.4) is 0 Å². The molecule has 6 nitrogen and oxygen atoms in total. The van der Waals surface area contributed by atoms with Crippen LogP contribution in [0.4, 0.5) is 0 Å². The lowest BCUT2D eigenvalue weighted by atomic mass is 10.3. The molecule has 0 unspecified atom stereocenters. The fraction of sp³-hybridized carbons (Fsp3) is 0.333. The molecule has 1 saturated heterocycles. The van der Waals surface area contributed by atoms with Crippen molar-refractivity contribution in [2.75, 3.05) is 20.4 Å². The van der Waals surface area contributed by atoms with Crippen molar-refractivity contribution in [2.45, 2.75) is 0 Å². The van der Waals surface area contributed by atoms with E-state index in [1.165, 1.54) is 0 Å². The molecule has 3 N–H and O–H groups in total. The van der Waals surface area contributed by atoms with Gasteiger partial charge in [0.25, 0.3) is 0 Å². The Balaban J connectivity index is 0.000000162. The standard InChI is InChI=1S/C6H6O3.C3H6O3/c7-4-1-5(8)3-6(9)2-4;1-4-2-6-3-5-1/h1-3,7-9H;1-3H2. The third kappa shape index (κ3) is 5.06. The third-order valence-electron chi connectivity index (χ3n) is 1.39. The van der Waals surface area contributed by atoms with Crippen LogP contribution in [0.5, 0.6) is 17.2 Å². The number of ether oxygens (including phenoxy) is 3. The van der Waals surface area contributed by atoms with E-state index in [1.54, 1.807) is 0 Å². The lowest BCUT2D eigenvalue weighted by Crippen LogP contribution is -2.14. The van der Waals surface area contributed by atoms with E-state index in [0.717, 1.165) is 18.2 Å². The van der Waals surface area contributed by atoms with Gasteiger partial charge < -0.3 is 29.5 Å². The van der Waals surface area contributed by atoms with E-state index in [9.17, 15) is 0 Å². The fourth-order valence-electron chi connectivity index (χ4n) is 0.858. The van der Waals surface area contributed by atoms with Crippen molar-refractivity contribution in [3.63, 3.8) is 0 Å². The second kappa shape index (κ2) is 6.07. The molecule has 0 atom stereocenters. The summed E-state index contributed by atoms with van der Waals surface area (Å²) in [6, 6.07) is 3.42. The predicted octanol–water partition coefficient (Wildman–Crippen LogP) is 0.726. The van der Waals surface area contributed by atoms with Crippen LogP contribution in [0.15, 0.2) is 18.2 Å². The molecule has 0 bridgehead atoms. The maximum Gasteiger partial charge on any atom is 0.152 e. The van der Waals surface area contributed by atoms with Crippen LogP contribution in [0.1, 0.15) is 0 Å². The van der Waals surface area contributed by atoms with Gasteiger partial charge in [-0.05, 0) is 0 Å². The summed E-state index contributed by atoms with van der Waals surface area (Å²) >= 11 is 0. The molecule has 1 aromatic rings. The molecule has 0 saturated carbocycles. The normalized spacial score (nSPS) is 15.2. The molecule has 1 fully saturated rings. The van der Waals surface area contributed by atoms with Gasteiger partial charge in [0.2, 0.25) is 0 Å². The van der Waals surface area contributed by atoms with Gasteiger partial charge in [-0.25, -0.2) is 0 Å². The Kier molecular flexibility index (Phi) is 4.69. The van der Waals surface area contributed by atoms with Gasteiger partial charge in [-0.1, -0.05) is 0 Å². The average Bonchev–Trinajstić information content (AvgIpc) is 2.19. The van der Waals surface area contributed by atoms with Crippen molar-refractivity contribution in [1.82, 2.24) is 0 Å². The highest BCUT2D eigenvalue weighted by atomic mass is 16.8. The molecule has 1 aliphatic heterocycles. The first kappa shape index (κ1) is 11.6. The summed E-state index contributed by atoms with van der Waals surface area (Å²) < 4.78 is 13.9. The number of benzene rings is 1. The number of hydrogen-bond acceptors (Lipinski definition) is 6. The van der Waals surface area contributed by atoms with Crippen LogP contribution in [0.25, 0.3) is 0 Å². The summed E-state index contributed by atoms with van der Waals surface area (Å²) in [6.07, 6.45) is 0. The van der Waals surface area contributed by atoms with Crippen molar-refractivity contribution in [1.29, 1.82) is 0 Å². The molecule has 15 heavy (non-hydrogen) atoms. The molecule has 0 spiro atoms. The first-order valence-corrected chi connectivity index (χ1v) is 4.13. The van der Waals surface area contributed by atoms with Crippen LogP contribution in [-0.4, -0.2) is 35.7 Å². The number of phenolic OH excluding ortho intramolecular Hbond substituents is 3. The van der Waals surface area contributed by atoms with Gasteiger partial charge in [-0.15, -0.1) is 0 Å². The summed E-state index contributed by atoms with van der Waals surface area (Å²) in [6.45, 7) is 1.12. The van der Waals surface area contributed by atoms with Crippen LogP contribution >= 0.6 is 0 Å². The van der Waals surface area contributed by atoms with Gasteiger partial charge in [-0.3, -0.25) is 0 Å². The Morgan fingerprint density at radius 1 is 0.667 bits per heavy atom. The quantitative estimate of drug-likeness (QED) is 0.592. The third-order valence-corrected chi connectivity index (χ3v) is 1.39. The zero-order valence-electron chi connectivity index (χ0n) is 7.92. The molecule has 1 aliphatic rings. The maximum absolute atomic E-state index is 8.67. The van der Waals surface area contributed by atoms with E-state index in [0.29, 0.717) is 20.4 Å². The summed E-state index contributed by atoms with van der Waals surface area (Å²) in [7, 11) is 0. The van der Waals surface area contributed by atoms with Crippen LogP contribution in [0.2, 0.25) is 0 Å². The minimum absolute atomic E-state index is 0.146. The molecule has 0 aromatic heterocycles. The van der Waals surface area contributed by atoms with Gasteiger partial charge in [0.05, 0.1) is 0 Å². The number of rotatable bonds is 0. The van der Waals surface area contributed by atoms with E-state index in [2.05, 4.69) is 14.2 Å². The Labute approximate surface area is 86.2 Å². The topological polar surface area (TPSA) is 88.4 Å². The van der Waals surface area contributed by atoms with E-state index in [-0.39, 0.29) is 17.2 Å². The molecule has 0 radical (unpaired) electrons. The highest BCUT2D eigenvalue weighted by Gasteiger charge is 1.94. The molecule has 0 aliphatic carbocycles. The Morgan fingerprint density at radius 3 is 1.13 bits per heavy atom. The Morgan fingerprint density at radius 2 is 0.933 bits per heavy atom. The van der Waals surface area contributed by atoms with E-state index in [4.69, 9.17) is 15.3 Å². The van der Waals surface area contributed by atoms with E-state index >= 15 is 0 Å². The molecular formula is C9H12O6. The fourth-order valence-corrected chi connectivity index (χ4v) is 0.858. The summed E-state index contributed by atoms with van der Waals surface area (Å²) in [5.41, 5.74) is 0. The lowest BCUT2D eigenvalue weighted by Gasteiger charge is -2.10. The maximum atomic E-state index is 8.67. The van der Waals surface area contributed by atoms with Crippen molar-refractivity contribution in [3.05, 3.63) is 18.2 Å². The monoisotopic (exact) mass is 216 g/mol.